The number of rotatable bonds is 2. The second kappa shape index (κ2) is 3.94. The molecule has 0 saturated heterocycles. The van der Waals surface area contributed by atoms with Gasteiger partial charge in [-0.25, -0.2) is 9.18 Å². The summed E-state index contributed by atoms with van der Waals surface area (Å²) >= 11 is 5.66. The van der Waals surface area contributed by atoms with Gasteiger partial charge in [0.2, 0.25) is 0 Å². The summed E-state index contributed by atoms with van der Waals surface area (Å²) in [6.07, 6.45) is 0. The van der Waals surface area contributed by atoms with Gasteiger partial charge in [-0.2, -0.15) is 4.98 Å². The molecule has 0 spiro atoms. The van der Waals surface area contributed by atoms with Gasteiger partial charge in [0.25, 0.3) is 0 Å². The molecule has 0 aliphatic heterocycles. The van der Waals surface area contributed by atoms with Crippen molar-refractivity contribution < 1.29 is 18.7 Å². The van der Waals surface area contributed by atoms with Crippen LogP contribution in [-0.4, -0.2) is 16.1 Å². The molecule has 0 aliphatic carbocycles. The SMILES string of the molecule is O=C(O)c1nc(Cl)c(-c2ccccc2F)o1. The van der Waals surface area contributed by atoms with Crippen LogP contribution in [0.3, 0.4) is 0 Å². The predicted octanol–water partition coefficient (Wildman–Crippen LogP) is 2.83. The van der Waals surface area contributed by atoms with E-state index in [0.29, 0.717) is 0 Å². The Morgan fingerprint density at radius 3 is 2.69 bits per heavy atom. The van der Waals surface area contributed by atoms with Gasteiger partial charge in [-0.1, -0.05) is 23.7 Å². The standard InChI is InChI=1S/C10H5ClFNO3/c11-8-7(16-9(13-8)10(14)15)5-3-1-2-4-6(5)12/h1-4H,(H,14,15). The Balaban J connectivity index is 2.57. The van der Waals surface area contributed by atoms with Crippen molar-refractivity contribution in [2.75, 3.05) is 0 Å². The van der Waals surface area contributed by atoms with E-state index in [1.54, 1.807) is 6.07 Å². The Kier molecular flexibility index (Phi) is 2.62. The summed E-state index contributed by atoms with van der Waals surface area (Å²) in [6, 6.07) is 5.72. The molecule has 0 atom stereocenters. The van der Waals surface area contributed by atoms with Crippen molar-refractivity contribution in [3.05, 3.63) is 41.1 Å². The maximum absolute atomic E-state index is 13.4. The number of hydrogen-bond acceptors (Lipinski definition) is 3. The number of carbonyl (C=O) groups is 1. The summed E-state index contributed by atoms with van der Waals surface area (Å²) in [4.78, 5) is 14.0. The molecular formula is C10H5ClFNO3. The zero-order valence-electron chi connectivity index (χ0n) is 7.78. The zero-order valence-corrected chi connectivity index (χ0v) is 8.53. The number of oxazole rings is 1. The Morgan fingerprint density at radius 2 is 2.12 bits per heavy atom. The van der Waals surface area contributed by atoms with Crippen LogP contribution in [0, 0.1) is 5.82 Å². The summed E-state index contributed by atoms with van der Waals surface area (Å²) in [5.74, 6) is -2.57. The predicted molar refractivity (Wildman–Crippen MR) is 53.9 cm³/mol. The van der Waals surface area contributed by atoms with Gasteiger partial charge in [0.05, 0.1) is 5.56 Å². The van der Waals surface area contributed by atoms with Crippen LogP contribution in [0.5, 0.6) is 0 Å². The molecule has 82 valence electrons. The van der Waals surface area contributed by atoms with Gasteiger partial charge in [0.15, 0.2) is 10.9 Å². The highest BCUT2D eigenvalue weighted by Crippen LogP contribution is 2.30. The Labute approximate surface area is 94.3 Å². The van der Waals surface area contributed by atoms with Crippen molar-refractivity contribution in [3.63, 3.8) is 0 Å². The maximum atomic E-state index is 13.4. The fourth-order valence-electron chi connectivity index (χ4n) is 1.20. The molecule has 1 N–H and O–H groups in total. The molecule has 6 heteroatoms. The molecule has 0 radical (unpaired) electrons. The Bertz CT molecular complexity index is 553. The zero-order chi connectivity index (χ0) is 11.7. The largest absolute Gasteiger partial charge is 0.474 e. The van der Waals surface area contributed by atoms with Crippen LogP contribution in [0.2, 0.25) is 5.15 Å². The highest BCUT2D eigenvalue weighted by molar-refractivity contribution is 6.31. The molecule has 1 heterocycles. The van der Waals surface area contributed by atoms with Gasteiger partial charge in [-0.05, 0) is 12.1 Å². The number of carboxylic acid groups (broad SMARTS) is 1. The lowest BCUT2D eigenvalue weighted by Gasteiger charge is -1.97. The van der Waals surface area contributed by atoms with E-state index in [1.807, 2.05) is 0 Å². The van der Waals surface area contributed by atoms with E-state index in [4.69, 9.17) is 21.1 Å². The molecule has 2 rings (SSSR count). The van der Waals surface area contributed by atoms with Crippen molar-refractivity contribution in [3.8, 4) is 11.3 Å². The van der Waals surface area contributed by atoms with E-state index < -0.39 is 17.7 Å². The second-order valence-corrected chi connectivity index (χ2v) is 3.28. The minimum Gasteiger partial charge on any atom is -0.474 e. The molecule has 0 fully saturated rings. The third kappa shape index (κ3) is 1.77. The Hall–Kier alpha value is -1.88. The van der Waals surface area contributed by atoms with E-state index in [9.17, 15) is 9.18 Å². The van der Waals surface area contributed by atoms with Crippen LogP contribution in [0.4, 0.5) is 4.39 Å². The summed E-state index contributed by atoms with van der Waals surface area (Å²) in [5.41, 5.74) is 0.0764. The Morgan fingerprint density at radius 1 is 1.44 bits per heavy atom. The van der Waals surface area contributed by atoms with Gasteiger partial charge in [0, 0.05) is 0 Å². The number of carboxylic acids is 1. The number of hydrogen-bond donors (Lipinski definition) is 1. The smallest absolute Gasteiger partial charge is 0.392 e. The third-order valence-corrected chi connectivity index (χ3v) is 2.14. The second-order valence-electron chi connectivity index (χ2n) is 2.92. The molecule has 0 amide bonds. The van der Waals surface area contributed by atoms with Gasteiger partial charge >= 0.3 is 11.9 Å². The number of aromatic nitrogens is 1. The summed E-state index contributed by atoms with van der Waals surface area (Å²) < 4.78 is 18.2. The van der Waals surface area contributed by atoms with Gasteiger partial charge < -0.3 is 9.52 Å². The lowest BCUT2D eigenvalue weighted by molar-refractivity contribution is 0.0654. The monoisotopic (exact) mass is 241 g/mol. The van der Waals surface area contributed by atoms with Gasteiger partial charge in [-0.15, -0.1) is 0 Å². The van der Waals surface area contributed by atoms with E-state index >= 15 is 0 Å². The molecule has 0 bridgehead atoms. The fraction of sp³-hybridized carbons (Fsp3) is 0. The van der Waals surface area contributed by atoms with Crippen LogP contribution in [0.25, 0.3) is 11.3 Å². The minimum atomic E-state index is -1.36. The normalized spacial score (nSPS) is 10.4. The summed E-state index contributed by atoms with van der Waals surface area (Å²) in [6.45, 7) is 0. The van der Waals surface area contributed by atoms with Crippen LogP contribution in [-0.2, 0) is 0 Å². The van der Waals surface area contributed by atoms with Crippen molar-refractivity contribution in [1.29, 1.82) is 0 Å². The first kappa shape index (κ1) is 10.6. The molecule has 0 aliphatic rings. The number of halogens is 2. The number of nitrogens with zero attached hydrogens (tertiary/aromatic N) is 1. The van der Waals surface area contributed by atoms with Crippen molar-refractivity contribution in [2.24, 2.45) is 0 Å². The van der Waals surface area contributed by atoms with Crippen LogP contribution < -0.4 is 0 Å². The molecule has 2 aromatic rings. The first-order valence-electron chi connectivity index (χ1n) is 4.24. The minimum absolute atomic E-state index is 0.0764. The average molecular weight is 242 g/mol. The molecule has 0 saturated carbocycles. The lowest BCUT2D eigenvalue weighted by Crippen LogP contribution is -1.94. The topological polar surface area (TPSA) is 63.3 Å². The first-order chi connectivity index (χ1) is 7.59. The van der Waals surface area contributed by atoms with Crippen molar-refractivity contribution >= 4 is 17.6 Å². The quantitative estimate of drug-likeness (QED) is 0.878. The fourth-order valence-corrected chi connectivity index (χ4v) is 1.42. The molecule has 1 aromatic heterocycles. The molecule has 0 unspecified atom stereocenters. The maximum Gasteiger partial charge on any atom is 0.392 e. The third-order valence-electron chi connectivity index (χ3n) is 1.89. The highest BCUT2D eigenvalue weighted by Gasteiger charge is 2.19. The van der Waals surface area contributed by atoms with Crippen molar-refractivity contribution in [2.45, 2.75) is 0 Å². The van der Waals surface area contributed by atoms with E-state index in [-0.39, 0.29) is 16.5 Å². The summed E-state index contributed by atoms with van der Waals surface area (Å²) in [7, 11) is 0. The van der Waals surface area contributed by atoms with Crippen LogP contribution in [0.15, 0.2) is 28.7 Å². The van der Waals surface area contributed by atoms with E-state index in [2.05, 4.69) is 4.98 Å². The highest BCUT2D eigenvalue weighted by atomic mass is 35.5. The van der Waals surface area contributed by atoms with Crippen LogP contribution in [0.1, 0.15) is 10.7 Å². The average Bonchev–Trinajstić information content (AvgIpc) is 2.61. The molecular weight excluding hydrogens is 237 g/mol. The summed E-state index contributed by atoms with van der Waals surface area (Å²) in [5, 5.41) is 8.45. The van der Waals surface area contributed by atoms with Crippen LogP contribution >= 0.6 is 11.6 Å². The lowest BCUT2D eigenvalue weighted by atomic mass is 10.2. The molecule has 16 heavy (non-hydrogen) atoms. The van der Waals surface area contributed by atoms with Crippen molar-refractivity contribution in [1.82, 2.24) is 4.98 Å². The molecule has 4 nitrogen and oxygen atoms in total. The first-order valence-corrected chi connectivity index (χ1v) is 4.62. The van der Waals surface area contributed by atoms with E-state index in [1.165, 1.54) is 18.2 Å². The van der Waals surface area contributed by atoms with E-state index in [0.717, 1.165) is 0 Å². The molecule has 1 aromatic carbocycles. The van der Waals surface area contributed by atoms with Gasteiger partial charge in [-0.3, -0.25) is 0 Å². The number of aromatic carboxylic acids is 1. The van der Waals surface area contributed by atoms with Gasteiger partial charge in [0.1, 0.15) is 5.82 Å². The number of benzene rings is 1.